The fourth-order valence-corrected chi connectivity index (χ4v) is 4.46. The molecule has 0 bridgehead atoms. The average Bonchev–Trinajstić information content (AvgIpc) is 3.13. The van der Waals surface area contributed by atoms with E-state index in [1.165, 1.54) is 4.90 Å². The molecule has 2 heterocycles. The van der Waals surface area contributed by atoms with Crippen molar-refractivity contribution in [3.63, 3.8) is 0 Å². The highest BCUT2D eigenvalue weighted by Crippen LogP contribution is 2.41. The van der Waals surface area contributed by atoms with E-state index in [1.54, 1.807) is 30.6 Å². The van der Waals surface area contributed by atoms with Crippen LogP contribution in [-0.4, -0.2) is 33.3 Å². The molecular formula is C30H32N2O4. The number of pyridine rings is 1. The van der Waals surface area contributed by atoms with Gasteiger partial charge in [0.2, 0.25) is 0 Å². The van der Waals surface area contributed by atoms with Crippen LogP contribution in [0.2, 0.25) is 0 Å². The number of benzene rings is 2. The maximum absolute atomic E-state index is 13.3. The van der Waals surface area contributed by atoms with Crippen LogP contribution in [-0.2, 0) is 16.1 Å². The molecule has 186 valence electrons. The number of rotatable bonds is 8. The first-order chi connectivity index (χ1) is 17.3. The monoisotopic (exact) mass is 484 g/mol. The molecule has 1 atom stereocenters. The number of aliphatic hydroxyl groups excluding tert-OH is 1. The first kappa shape index (κ1) is 25.2. The molecule has 1 saturated heterocycles. The lowest BCUT2D eigenvalue weighted by Gasteiger charge is -2.26. The number of likely N-dealkylation sites (tertiary alicyclic amines) is 1. The summed E-state index contributed by atoms with van der Waals surface area (Å²) in [5.74, 6) is -0.436. The van der Waals surface area contributed by atoms with E-state index in [0.717, 1.165) is 34.4 Å². The Morgan fingerprint density at radius 3 is 2.36 bits per heavy atom. The minimum atomic E-state index is -0.712. The van der Waals surface area contributed by atoms with Crippen LogP contribution in [0, 0.1) is 6.92 Å². The van der Waals surface area contributed by atoms with Gasteiger partial charge in [-0.05, 0) is 71.8 Å². The van der Waals surface area contributed by atoms with Gasteiger partial charge in [0.15, 0.2) is 0 Å². The molecule has 1 fully saturated rings. The third-order valence-electron chi connectivity index (χ3n) is 6.47. The normalized spacial score (nSPS) is 17.1. The molecule has 0 radical (unpaired) electrons. The molecule has 1 aromatic heterocycles. The third-order valence-corrected chi connectivity index (χ3v) is 6.47. The molecule has 1 aliphatic rings. The summed E-state index contributed by atoms with van der Waals surface area (Å²) in [5.41, 5.74) is 4.19. The smallest absolute Gasteiger partial charge is 0.295 e. The second kappa shape index (κ2) is 10.8. The largest absolute Gasteiger partial charge is 0.507 e. The van der Waals surface area contributed by atoms with Gasteiger partial charge in [-0.25, -0.2) is 0 Å². The van der Waals surface area contributed by atoms with Gasteiger partial charge in [0, 0.05) is 24.5 Å². The lowest BCUT2D eigenvalue weighted by Crippen LogP contribution is -2.29. The summed E-state index contributed by atoms with van der Waals surface area (Å²) in [6.45, 7) is 8.98. The first-order valence-electron chi connectivity index (χ1n) is 12.3. The van der Waals surface area contributed by atoms with Gasteiger partial charge in [0.1, 0.15) is 11.5 Å². The number of Topliss-reactive ketones (excluding diaryl/α,β-unsaturated/α-hetero) is 1. The standard InChI is InChI=1S/C30H32N2O4/c1-5-16-36-25-11-10-24(17-20(25)4)28(33)26-27(23-8-6-22(7-9-23)19(2)3)32(30(35)29(26)34)18-21-12-14-31-15-13-21/h6-15,17,19,27,33H,5,16,18H2,1-4H3/b28-26-. The van der Waals surface area contributed by atoms with Crippen molar-refractivity contribution >= 4 is 17.4 Å². The van der Waals surface area contributed by atoms with Crippen molar-refractivity contribution < 1.29 is 19.4 Å². The molecule has 1 N–H and O–H groups in total. The Morgan fingerprint density at radius 2 is 1.75 bits per heavy atom. The van der Waals surface area contributed by atoms with Gasteiger partial charge in [-0.1, -0.05) is 45.0 Å². The van der Waals surface area contributed by atoms with Gasteiger partial charge in [0.25, 0.3) is 11.7 Å². The summed E-state index contributed by atoms with van der Waals surface area (Å²) in [6, 6.07) is 16.1. The van der Waals surface area contributed by atoms with Crippen molar-refractivity contribution in [2.45, 2.75) is 52.6 Å². The van der Waals surface area contributed by atoms with Crippen LogP contribution >= 0.6 is 0 Å². The van der Waals surface area contributed by atoms with Crippen molar-refractivity contribution in [1.29, 1.82) is 0 Å². The van der Waals surface area contributed by atoms with Crippen molar-refractivity contribution in [2.24, 2.45) is 0 Å². The number of carbonyl (C=O) groups is 2. The molecule has 4 rings (SSSR count). The number of hydrogen-bond acceptors (Lipinski definition) is 5. The first-order valence-corrected chi connectivity index (χ1v) is 12.3. The number of aromatic nitrogens is 1. The van der Waals surface area contributed by atoms with Crippen LogP contribution in [0.3, 0.4) is 0 Å². The Balaban J connectivity index is 1.81. The van der Waals surface area contributed by atoms with Crippen molar-refractivity contribution in [1.82, 2.24) is 9.88 Å². The van der Waals surface area contributed by atoms with Crippen LogP contribution in [0.15, 0.2) is 72.6 Å². The van der Waals surface area contributed by atoms with E-state index in [2.05, 4.69) is 18.8 Å². The van der Waals surface area contributed by atoms with E-state index in [9.17, 15) is 14.7 Å². The van der Waals surface area contributed by atoms with E-state index >= 15 is 0 Å². The highest BCUT2D eigenvalue weighted by atomic mass is 16.5. The molecule has 0 spiro atoms. The summed E-state index contributed by atoms with van der Waals surface area (Å²) >= 11 is 0. The molecule has 6 nitrogen and oxygen atoms in total. The van der Waals surface area contributed by atoms with Crippen LogP contribution in [0.5, 0.6) is 5.75 Å². The fraction of sp³-hybridized carbons (Fsp3) is 0.300. The molecule has 1 unspecified atom stereocenters. The van der Waals surface area contributed by atoms with Gasteiger partial charge >= 0.3 is 0 Å². The number of ether oxygens (including phenoxy) is 1. The second-order valence-electron chi connectivity index (χ2n) is 9.43. The van der Waals surface area contributed by atoms with Crippen LogP contribution < -0.4 is 4.74 Å². The quantitative estimate of drug-likeness (QED) is 0.244. The predicted octanol–water partition coefficient (Wildman–Crippen LogP) is 5.92. The minimum absolute atomic E-state index is 0.0907. The number of aryl methyl sites for hydroxylation is 1. The number of ketones is 1. The summed E-state index contributed by atoms with van der Waals surface area (Å²) in [7, 11) is 0. The molecule has 3 aromatic rings. The zero-order valence-electron chi connectivity index (χ0n) is 21.2. The van der Waals surface area contributed by atoms with E-state index in [-0.39, 0.29) is 17.9 Å². The summed E-state index contributed by atoms with van der Waals surface area (Å²) in [4.78, 5) is 32.1. The highest BCUT2D eigenvalue weighted by Gasteiger charge is 2.46. The van der Waals surface area contributed by atoms with Gasteiger partial charge in [-0.15, -0.1) is 0 Å². The zero-order valence-corrected chi connectivity index (χ0v) is 21.2. The summed E-state index contributed by atoms with van der Waals surface area (Å²) < 4.78 is 5.76. The highest BCUT2D eigenvalue weighted by molar-refractivity contribution is 6.46. The van der Waals surface area contributed by atoms with Gasteiger partial charge in [0.05, 0.1) is 18.2 Å². The zero-order chi connectivity index (χ0) is 25.8. The van der Waals surface area contributed by atoms with E-state index in [4.69, 9.17) is 4.74 Å². The Labute approximate surface area is 212 Å². The van der Waals surface area contributed by atoms with E-state index in [1.807, 2.05) is 50.2 Å². The number of aliphatic hydroxyl groups is 1. The Kier molecular flexibility index (Phi) is 7.53. The Bertz CT molecular complexity index is 1280. The average molecular weight is 485 g/mol. The van der Waals surface area contributed by atoms with Gasteiger partial charge < -0.3 is 14.7 Å². The third kappa shape index (κ3) is 5.03. The maximum atomic E-state index is 13.3. The summed E-state index contributed by atoms with van der Waals surface area (Å²) in [6.07, 6.45) is 4.20. The molecule has 0 saturated carbocycles. The Hall–Kier alpha value is -3.93. The van der Waals surface area contributed by atoms with E-state index < -0.39 is 17.7 Å². The van der Waals surface area contributed by atoms with Gasteiger partial charge in [-0.2, -0.15) is 0 Å². The van der Waals surface area contributed by atoms with Crippen molar-refractivity contribution in [3.05, 3.63) is 100 Å². The van der Waals surface area contributed by atoms with Crippen LogP contribution in [0.4, 0.5) is 0 Å². The van der Waals surface area contributed by atoms with Crippen molar-refractivity contribution in [2.75, 3.05) is 6.61 Å². The maximum Gasteiger partial charge on any atom is 0.295 e. The lowest BCUT2D eigenvalue weighted by atomic mass is 9.93. The fourth-order valence-electron chi connectivity index (χ4n) is 4.46. The molecule has 1 aliphatic heterocycles. The molecule has 36 heavy (non-hydrogen) atoms. The summed E-state index contributed by atoms with van der Waals surface area (Å²) in [5, 5.41) is 11.4. The van der Waals surface area contributed by atoms with Crippen LogP contribution in [0.25, 0.3) is 5.76 Å². The minimum Gasteiger partial charge on any atom is -0.507 e. The Morgan fingerprint density at radius 1 is 1.06 bits per heavy atom. The number of nitrogens with zero attached hydrogens (tertiary/aromatic N) is 2. The number of carbonyl (C=O) groups excluding carboxylic acids is 2. The van der Waals surface area contributed by atoms with E-state index in [0.29, 0.717) is 18.1 Å². The topological polar surface area (TPSA) is 79.7 Å². The SMILES string of the molecule is CCCOc1ccc(/C(O)=C2/C(=O)C(=O)N(Cc3ccncc3)C2c2ccc(C(C)C)cc2)cc1C. The molecule has 1 amide bonds. The molecule has 6 heteroatoms. The predicted molar refractivity (Wildman–Crippen MR) is 140 cm³/mol. The number of amides is 1. The lowest BCUT2D eigenvalue weighted by molar-refractivity contribution is -0.140. The molecule has 2 aromatic carbocycles. The van der Waals surface area contributed by atoms with Crippen molar-refractivity contribution in [3.8, 4) is 5.75 Å². The van der Waals surface area contributed by atoms with Crippen LogP contribution in [0.1, 0.15) is 67.0 Å². The molecular weight excluding hydrogens is 452 g/mol. The number of hydrogen-bond donors (Lipinski definition) is 1. The van der Waals surface area contributed by atoms with Gasteiger partial charge in [-0.3, -0.25) is 14.6 Å². The second-order valence-corrected chi connectivity index (χ2v) is 9.43. The molecule has 0 aliphatic carbocycles.